The number of carbonyl (C=O) groups excluding carboxylic acids is 2. The largest absolute Gasteiger partial charge is 0.339 e. The van der Waals surface area contributed by atoms with E-state index < -0.39 is 0 Å². The minimum Gasteiger partial charge on any atom is -0.339 e. The molecule has 3 rings (SSSR count). The van der Waals surface area contributed by atoms with Crippen molar-refractivity contribution >= 4 is 29.3 Å². The summed E-state index contributed by atoms with van der Waals surface area (Å²) in [6.45, 7) is 9.14. The molecule has 1 heterocycles. The normalized spacial score (nSPS) is 15.6. The van der Waals surface area contributed by atoms with E-state index in [1.807, 2.05) is 62.1 Å². The third-order valence-corrected chi connectivity index (χ3v) is 6.69. The Balaban J connectivity index is 1.42. The summed E-state index contributed by atoms with van der Waals surface area (Å²) >= 11 is 1.68. The molecule has 2 amide bonds. The predicted molar refractivity (Wildman–Crippen MR) is 125 cm³/mol. The fraction of sp³-hybridized carbons (Fsp3) is 0.417. The number of aryl methyl sites for hydroxylation is 2. The van der Waals surface area contributed by atoms with Crippen molar-refractivity contribution in [2.75, 3.05) is 38.0 Å². The molecule has 1 unspecified atom stereocenters. The lowest BCUT2D eigenvalue weighted by Gasteiger charge is -2.35. The van der Waals surface area contributed by atoms with Gasteiger partial charge in [-0.3, -0.25) is 14.5 Å². The SMILES string of the molecule is Cc1cccc(C)c1NC(=O)CN1CCN(C(=O)C(C)SCc2ccccc2)CC1. The maximum absolute atomic E-state index is 12.8. The minimum absolute atomic E-state index is 0.000962. The molecule has 1 aliphatic heterocycles. The number of amides is 2. The zero-order valence-corrected chi connectivity index (χ0v) is 18.9. The van der Waals surface area contributed by atoms with Gasteiger partial charge in [-0.15, -0.1) is 11.8 Å². The van der Waals surface area contributed by atoms with Crippen molar-refractivity contribution in [2.24, 2.45) is 0 Å². The Bertz CT molecular complexity index is 844. The van der Waals surface area contributed by atoms with E-state index in [9.17, 15) is 9.59 Å². The molecule has 2 aromatic carbocycles. The van der Waals surface area contributed by atoms with Crippen LogP contribution < -0.4 is 5.32 Å². The van der Waals surface area contributed by atoms with E-state index >= 15 is 0 Å². The Labute approximate surface area is 183 Å². The monoisotopic (exact) mass is 425 g/mol. The molecule has 1 N–H and O–H groups in total. The van der Waals surface area contributed by atoms with Gasteiger partial charge in [0.15, 0.2) is 0 Å². The number of thioether (sulfide) groups is 1. The van der Waals surface area contributed by atoms with E-state index in [0.29, 0.717) is 19.6 Å². The van der Waals surface area contributed by atoms with Gasteiger partial charge in [-0.2, -0.15) is 0 Å². The molecule has 0 radical (unpaired) electrons. The van der Waals surface area contributed by atoms with Crippen molar-refractivity contribution in [1.82, 2.24) is 9.80 Å². The zero-order valence-electron chi connectivity index (χ0n) is 18.1. The van der Waals surface area contributed by atoms with E-state index in [0.717, 1.165) is 35.7 Å². The van der Waals surface area contributed by atoms with Gasteiger partial charge in [-0.1, -0.05) is 48.5 Å². The van der Waals surface area contributed by atoms with Crippen LogP contribution in [-0.2, 0) is 15.3 Å². The number of rotatable bonds is 7. The molecule has 160 valence electrons. The highest BCUT2D eigenvalue weighted by atomic mass is 32.2. The summed E-state index contributed by atoms with van der Waals surface area (Å²) in [4.78, 5) is 29.3. The first-order valence-corrected chi connectivity index (χ1v) is 11.5. The molecule has 0 bridgehead atoms. The van der Waals surface area contributed by atoms with Crippen LogP contribution in [0.1, 0.15) is 23.6 Å². The third kappa shape index (κ3) is 6.09. The van der Waals surface area contributed by atoms with Crippen molar-refractivity contribution in [3.05, 3.63) is 65.2 Å². The summed E-state index contributed by atoms with van der Waals surface area (Å²) in [6, 6.07) is 16.2. The van der Waals surface area contributed by atoms with Crippen LogP contribution >= 0.6 is 11.8 Å². The molecule has 1 fully saturated rings. The summed E-state index contributed by atoms with van der Waals surface area (Å²) in [5.41, 5.74) is 4.28. The van der Waals surface area contributed by atoms with Crippen LogP contribution in [0.25, 0.3) is 0 Å². The van der Waals surface area contributed by atoms with Gasteiger partial charge in [0.05, 0.1) is 11.8 Å². The number of hydrogen-bond donors (Lipinski definition) is 1. The van der Waals surface area contributed by atoms with Gasteiger partial charge < -0.3 is 10.2 Å². The molecule has 0 aliphatic carbocycles. The molecule has 5 nitrogen and oxygen atoms in total. The van der Waals surface area contributed by atoms with Gasteiger partial charge in [0, 0.05) is 37.6 Å². The number of carbonyl (C=O) groups is 2. The average molecular weight is 426 g/mol. The highest BCUT2D eigenvalue weighted by Gasteiger charge is 2.26. The van der Waals surface area contributed by atoms with Crippen molar-refractivity contribution in [3.63, 3.8) is 0 Å². The lowest BCUT2D eigenvalue weighted by molar-refractivity contribution is -0.132. The van der Waals surface area contributed by atoms with Crippen LogP contribution in [0.5, 0.6) is 0 Å². The second kappa shape index (κ2) is 10.6. The van der Waals surface area contributed by atoms with E-state index in [1.54, 1.807) is 11.8 Å². The summed E-state index contributed by atoms with van der Waals surface area (Å²) < 4.78 is 0. The van der Waals surface area contributed by atoms with Crippen LogP contribution in [0.15, 0.2) is 48.5 Å². The quantitative estimate of drug-likeness (QED) is 0.735. The Kier molecular flexibility index (Phi) is 7.94. The van der Waals surface area contributed by atoms with Gasteiger partial charge in [0.2, 0.25) is 11.8 Å². The van der Waals surface area contributed by atoms with E-state index in [1.165, 1.54) is 5.56 Å². The molecule has 0 saturated carbocycles. The first-order valence-electron chi connectivity index (χ1n) is 10.5. The Morgan fingerprint density at radius 2 is 1.60 bits per heavy atom. The van der Waals surface area contributed by atoms with Gasteiger partial charge >= 0.3 is 0 Å². The summed E-state index contributed by atoms with van der Waals surface area (Å²) in [5, 5.41) is 2.98. The smallest absolute Gasteiger partial charge is 0.238 e. The van der Waals surface area contributed by atoms with Gasteiger partial charge in [0.25, 0.3) is 0 Å². The van der Waals surface area contributed by atoms with Crippen LogP contribution in [0.3, 0.4) is 0 Å². The molecular weight excluding hydrogens is 394 g/mol. The summed E-state index contributed by atoms with van der Waals surface area (Å²) in [7, 11) is 0. The maximum Gasteiger partial charge on any atom is 0.238 e. The van der Waals surface area contributed by atoms with E-state index in [-0.39, 0.29) is 17.1 Å². The van der Waals surface area contributed by atoms with Crippen molar-refractivity contribution in [1.29, 1.82) is 0 Å². The van der Waals surface area contributed by atoms with Crippen LogP contribution in [-0.4, -0.2) is 59.6 Å². The topological polar surface area (TPSA) is 52.7 Å². The predicted octanol–water partition coefficient (Wildman–Crippen LogP) is 3.71. The molecule has 2 aromatic rings. The van der Waals surface area contributed by atoms with Gasteiger partial charge in [0.1, 0.15) is 0 Å². The fourth-order valence-electron chi connectivity index (χ4n) is 3.64. The third-order valence-electron chi connectivity index (χ3n) is 5.49. The molecule has 0 aromatic heterocycles. The van der Waals surface area contributed by atoms with Gasteiger partial charge in [-0.05, 0) is 37.5 Å². The van der Waals surface area contributed by atoms with Crippen molar-refractivity contribution in [2.45, 2.75) is 31.8 Å². The van der Waals surface area contributed by atoms with E-state index in [4.69, 9.17) is 0 Å². The Morgan fingerprint density at radius 1 is 0.967 bits per heavy atom. The van der Waals surface area contributed by atoms with E-state index in [2.05, 4.69) is 22.3 Å². The summed E-state index contributed by atoms with van der Waals surface area (Å²) in [6.07, 6.45) is 0. The second-order valence-electron chi connectivity index (χ2n) is 7.86. The number of nitrogens with zero attached hydrogens (tertiary/aromatic N) is 2. The lowest BCUT2D eigenvalue weighted by atomic mass is 10.1. The minimum atomic E-state index is -0.0657. The number of nitrogens with one attached hydrogen (secondary N) is 1. The highest BCUT2D eigenvalue weighted by molar-refractivity contribution is 7.99. The van der Waals surface area contributed by atoms with Crippen LogP contribution in [0.4, 0.5) is 5.69 Å². The number of para-hydroxylation sites is 1. The maximum atomic E-state index is 12.8. The lowest BCUT2D eigenvalue weighted by Crippen LogP contribution is -2.52. The van der Waals surface area contributed by atoms with Crippen molar-refractivity contribution < 1.29 is 9.59 Å². The highest BCUT2D eigenvalue weighted by Crippen LogP contribution is 2.21. The first kappa shape index (κ1) is 22.4. The number of benzene rings is 2. The molecule has 6 heteroatoms. The average Bonchev–Trinajstić information content (AvgIpc) is 2.75. The molecular formula is C24H31N3O2S. The molecule has 1 atom stereocenters. The second-order valence-corrected chi connectivity index (χ2v) is 9.18. The number of anilines is 1. The first-order chi connectivity index (χ1) is 14.4. The fourth-order valence-corrected chi connectivity index (χ4v) is 4.57. The standard InChI is InChI=1S/C24H31N3O2S/c1-18-8-7-9-19(2)23(18)25-22(28)16-26-12-14-27(15-13-26)24(29)20(3)30-17-21-10-5-4-6-11-21/h4-11,20H,12-17H2,1-3H3,(H,25,28). The number of piperazine rings is 1. The van der Waals surface area contributed by atoms with Crippen LogP contribution in [0.2, 0.25) is 0 Å². The molecule has 0 spiro atoms. The van der Waals surface area contributed by atoms with Gasteiger partial charge in [-0.25, -0.2) is 0 Å². The Hall–Kier alpha value is -2.31. The number of hydrogen-bond acceptors (Lipinski definition) is 4. The Morgan fingerprint density at radius 3 is 2.23 bits per heavy atom. The summed E-state index contributed by atoms with van der Waals surface area (Å²) in [5.74, 6) is 1.03. The van der Waals surface area contributed by atoms with Crippen molar-refractivity contribution in [3.8, 4) is 0 Å². The van der Waals surface area contributed by atoms with Crippen LogP contribution in [0, 0.1) is 13.8 Å². The molecule has 1 saturated heterocycles. The molecule has 30 heavy (non-hydrogen) atoms. The molecule has 1 aliphatic rings. The zero-order chi connectivity index (χ0) is 21.5.